The van der Waals surface area contributed by atoms with Crippen molar-refractivity contribution in [3.05, 3.63) is 51.6 Å². The number of nitrogens with zero attached hydrogens (tertiary/aromatic N) is 1. The summed E-state index contributed by atoms with van der Waals surface area (Å²) in [4.78, 5) is 4.51. The van der Waals surface area contributed by atoms with E-state index in [0.717, 1.165) is 21.3 Å². The van der Waals surface area contributed by atoms with Crippen LogP contribution in [0, 0.1) is 13.8 Å². The summed E-state index contributed by atoms with van der Waals surface area (Å²) >= 11 is 8.48. The molecular formula is C14H13BrN2OS. The van der Waals surface area contributed by atoms with Crippen molar-refractivity contribution in [1.29, 1.82) is 0 Å². The summed E-state index contributed by atoms with van der Waals surface area (Å²) in [5.41, 5.74) is 8.38. The predicted molar refractivity (Wildman–Crippen MR) is 83.8 cm³/mol. The molecule has 0 atom stereocenters. The van der Waals surface area contributed by atoms with Gasteiger partial charge in [-0.25, -0.2) is 4.98 Å². The van der Waals surface area contributed by atoms with Crippen LogP contribution in [0.3, 0.4) is 0 Å². The molecule has 0 saturated carbocycles. The van der Waals surface area contributed by atoms with Gasteiger partial charge < -0.3 is 10.5 Å². The lowest BCUT2D eigenvalue weighted by atomic mass is 10.1. The Kier molecular flexibility index (Phi) is 4.17. The molecule has 1 aromatic heterocycles. The van der Waals surface area contributed by atoms with Crippen LogP contribution in [0.2, 0.25) is 0 Å². The SMILES string of the molecule is Cc1ccc(Br)cc1Oc1nccc(C)c1C(N)=S. The summed E-state index contributed by atoms with van der Waals surface area (Å²) in [6, 6.07) is 7.67. The Balaban J connectivity index is 2.46. The van der Waals surface area contributed by atoms with E-state index in [4.69, 9.17) is 22.7 Å². The second-order valence-electron chi connectivity index (χ2n) is 4.18. The maximum absolute atomic E-state index is 5.85. The number of nitrogens with two attached hydrogens (primary N) is 1. The van der Waals surface area contributed by atoms with E-state index in [1.54, 1.807) is 6.20 Å². The Bertz CT molecular complexity index is 643. The lowest BCUT2D eigenvalue weighted by Crippen LogP contribution is -2.13. The standard InChI is InChI=1S/C14H13BrN2OS/c1-8-3-4-10(15)7-11(8)18-14-12(13(16)19)9(2)5-6-17-14/h3-7H,1-2H3,(H2,16,19). The number of halogens is 1. The highest BCUT2D eigenvalue weighted by molar-refractivity contribution is 9.10. The number of hydrogen-bond donors (Lipinski definition) is 1. The van der Waals surface area contributed by atoms with Crippen molar-refractivity contribution in [2.24, 2.45) is 5.73 Å². The first kappa shape index (κ1) is 14.0. The van der Waals surface area contributed by atoms with E-state index < -0.39 is 0 Å². The summed E-state index contributed by atoms with van der Waals surface area (Å²) in [5.74, 6) is 1.17. The smallest absolute Gasteiger partial charge is 0.229 e. The average molecular weight is 337 g/mol. The summed E-state index contributed by atoms with van der Waals surface area (Å²) in [6.07, 6.45) is 1.68. The van der Waals surface area contributed by atoms with Crippen LogP contribution in [0.4, 0.5) is 0 Å². The largest absolute Gasteiger partial charge is 0.438 e. The first-order valence-electron chi connectivity index (χ1n) is 5.68. The molecule has 1 heterocycles. The van der Waals surface area contributed by atoms with Crippen molar-refractivity contribution in [3.8, 4) is 11.6 Å². The van der Waals surface area contributed by atoms with E-state index >= 15 is 0 Å². The van der Waals surface area contributed by atoms with E-state index in [-0.39, 0.29) is 4.99 Å². The number of ether oxygens (including phenoxy) is 1. The van der Waals surface area contributed by atoms with E-state index in [9.17, 15) is 0 Å². The third-order valence-electron chi connectivity index (χ3n) is 2.73. The topological polar surface area (TPSA) is 48.1 Å². The number of rotatable bonds is 3. The van der Waals surface area contributed by atoms with Gasteiger partial charge in [0.25, 0.3) is 0 Å². The lowest BCUT2D eigenvalue weighted by molar-refractivity contribution is 0.457. The molecule has 0 unspecified atom stereocenters. The van der Waals surface area contributed by atoms with Crippen LogP contribution < -0.4 is 10.5 Å². The summed E-state index contributed by atoms with van der Waals surface area (Å²) < 4.78 is 6.80. The van der Waals surface area contributed by atoms with Gasteiger partial charge in [-0.15, -0.1) is 0 Å². The molecule has 0 amide bonds. The molecule has 5 heteroatoms. The van der Waals surface area contributed by atoms with Crippen molar-refractivity contribution in [2.45, 2.75) is 13.8 Å². The quantitative estimate of drug-likeness (QED) is 0.864. The Morgan fingerprint density at radius 1 is 1.26 bits per heavy atom. The molecule has 98 valence electrons. The molecule has 2 N–H and O–H groups in total. The van der Waals surface area contributed by atoms with Gasteiger partial charge in [0.05, 0.1) is 5.56 Å². The van der Waals surface area contributed by atoms with Crippen molar-refractivity contribution in [1.82, 2.24) is 4.98 Å². The van der Waals surface area contributed by atoms with E-state index in [1.165, 1.54) is 0 Å². The molecule has 0 fully saturated rings. The van der Waals surface area contributed by atoms with Gasteiger partial charge in [-0.2, -0.15) is 0 Å². The number of hydrogen-bond acceptors (Lipinski definition) is 3. The third-order valence-corrected chi connectivity index (χ3v) is 3.43. The molecule has 2 rings (SSSR count). The number of pyridine rings is 1. The van der Waals surface area contributed by atoms with Crippen molar-refractivity contribution in [2.75, 3.05) is 0 Å². The van der Waals surface area contributed by atoms with Crippen molar-refractivity contribution >= 4 is 33.1 Å². The summed E-state index contributed by atoms with van der Waals surface area (Å²) in [5, 5.41) is 0. The molecule has 0 spiro atoms. The van der Waals surface area contributed by atoms with Crippen LogP contribution in [0.5, 0.6) is 11.6 Å². The molecule has 0 radical (unpaired) electrons. The minimum absolute atomic E-state index is 0.285. The molecule has 0 aliphatic heterocycles. The van der Waals surface area contributed by atoms with Gasteiger partial charge >= 0.3 is 0 Å². The Morgan fingerprint density at radius 3 is 2.68 bits per heavy atom. The maximum atomic E-state index is 5.85. The molecule has 0 saturated heterocycles. The van der Waals surface area contributed by atoms with Crippen LogP contribution in [-0.4, -0.2) is 9.97 Å². The molecule has 1 aromatic carbocycles. The Hall–Kier alpha value is -1.46. The number of aryl methyl sites for hydroxylation is 2. The zero-order valence-corrected chi connectivity index (χ0v) is 13.0. The van der Waals surface area contributed by atoms with Gasteiger partial charge in [0.2, 0.25) is 5.88 Å². The van der Waals surface area contributed by atoms with E-state index in [2.05, 4.69) is 20.9 Å². The monoisotopic (exact) mass is 336 g/mol. The maximum Gasteiger partial charge on any atom is 0.229 e. The van der Waals surface area contributed by atoms with Crippen molar-refractivity contribution in [3.63, 3.8) is 0 Å². The van der Waals surface area contributed by atoms with Gasteiger partial charge in [0.15, 0.2) is 0 Å². The second-order valence-corrected chi connectivity index (χ2v) is 5.54. The van der Waals surface area contributed by atoms with Crippen LogP contribution >= 0.6 is 28.1 Å². The minimum atomic E-state index is 0.285. The lowest BCUT2D eigenvalue weighted by Gasteiger charge is -2.13. The highest BCUT2D eigenvalue weighted by Crippen LogP contribution is 2.29. The van der Waals surface area contributed by atoms with Crippen LogP contribution in [0.25, 0.3) is 0 Å². The van der Waals surface area contributed by atoms with Gasteiger partial charge in [-0.05, 0) is 43.2 Å². The molecule has 0 aliphatic rings. The number of aromatic nitrogens is 1. The Morgan fingerprint density at radius 2 is 2.00 bits per heavy atom. The molecule has 3 nitrogen and oxygen atoms in total. The van der Waals surface area contributed by atoms with Gasteiger partial charge in [0, 0.05) is 10.7 Å². The highest BCUT2D eigenvalue weighted by Gasteiger charge is 2.13. The fourth-order valence-electron chi connectivity index (χ4n) is 1.70. The van der Waals surface area contributed by atoms with Crippen LogP contribution in [0.1, 0.15) is 16.7 Å². The first-order valence-corrected chi connectivity index (χ1v) is 6.88. The summed E-state index contributed by atoms with van der Waals surface area (Å²) in [6.45, 7) is 3.90. The molecule has 0 aliphatic carbocycles. The molecule has 0 bridgehead atoms. The molecule has 2 aromatic rings. The van der Waals surface area contributed by atoms with Gasteiger partial charge in [-0.3, -0.25) is 0 Å². The third kappa shape index (κ3) is 3.11. The highest BCUT2D eigenvalue weighted by atomic mass is 79.9. The number of benzene rings is 1. The fourth-order valence-corrected chi connectivity index (χ4v) is 2.29. The molecular weight excluding hydrogens is 324 g/mol. The minimum Gasteiger partial charge on any atom is -0.438 e. The van der Waals surface area contributed by atoms with Crippen LogP contribution in [0.15, 0.2) is 34.9 Å². The van der Waals surface area contributed by atoms with Gasteiger partial charge in [0.1, 0.15) is 10.7 Å². The average Bonchev–Trinajstić information content (AvgIpc) is 2.33. The number of thiocarbonyl (C=S) groups is 1. The Labute approximate surface area is 125 Å². The van der Waals surface area contributed by atoms with Crippen molar-refractivity contribution < 1.29 is 4.74 Å². The predicted octanol–water partition coefficient (Wildman–Crippen LogP) is 3.89. The normalized spacial score (nSPS) is 10.3. The zero-order valence-electron chi connectivity index (χ0n) is 10.6. The zero-order chi connectivity index (χ0) is 14.0. The van der Waals surface area contributed by atoms with E-state index in [1.807, 2.05) is 38.1 Å². The fraction of sp³-hybridized carbons (Fsp3) is 0.143. The molecule has 19 heavy (non-hydrogen) atoms. The second kappa shape index (κ2) is 5.67. The van der Waals surface area contributed by atoms with E-state index in [0.29, 0.717) is 11.4 Å². The van der Waals surface area contributed by atoms with Crippen LogP contribution in [-0.2, 0) is 0 Å². The summed E-state index contributed by atoms with van der Waals surface area (Å²) in [7, 11) is 0. The van der Waals surface area contributed by atoms with Gasteiger partial charge in [-0.1, -0.05) is 34.2 Å². The first-order chi connectivity index (χ1) is 8.99.